The molecule has 0 amide bonds. The number of hydrogen-bond acceptors (Lipinski definition) is 2. The standard InChI is InChI=1S/C40H31O2P/c1-41-35-22-13-23-36(42-2)39(35)34-26-24-28-14-9-11-20-32(28)38(34)40-33-21-12-10-15-29(33)25-27-37(40)43(30-16-5-3-6-17-30)31-18-7-4-8-19-31/h3-27H,1-2H3. The van der Waals surface area contributed by atoms with E-state index in [-0.39, 0.29) is 0 Å². The number of fused-ring (bicyclic) bond motifs is 2. The molecule has 7 aromatic carbocycles. The number of benzene rings is 7. The van der Waals surface area contributed by atoms with Gasteiger partial charge in [0.25, 0.3) is 0 Å². The lowest BCUT2D eigenvalue weighted by Gasteiger charge is -2.26. The Hall–Kier alpha value is -4.91. The molecule has 0 radical (unpaired) electrons. The molecule has 0 aromatic heterocycles. The zero-order valence-corrected chi connectivity index (χ0v) is 25.1. The first-order chi connectivity index (χ1) is 21.3. The van der Waals surface area contributed by atoms with Gasteiger partial charge in [-0.25, -0.2) is 0 Å². The Bertz CT molecular complexity index is 1990. The first-order valence-corrected chi connectivity index (χ1v) is 15.8. The smallest absolute Gasteiger partial charge is 0.130 e. The Morgan fingerprint density at radius 1 is 0.395 bits per heavy atom. The second-order valence-electron chi connectivity index (χ2n) is 10.4. The molecule has 7 rings (SSSR count). The zero-order valence-electron chi connectivity index (χ0n) is 24.2. The molecular weight excluding hydrogens is 543 g/mol. The number of ether oxygens (including phenoxy) is 2. The van der Waals surface area contributed by atoms with Crippen molar-refractivity contribution in [2.45, 2.75) is 0 Å². The van der Waals surface area contributed by atoms with Gasteiger partial charge in [0.15, 0.2) is 0 Å². The number of rotatable bonds is 7. The summed E-state index contributed by atoms with van der Waals surface area (Å²) in [6, 6.07) is 54.4. The van der Waals surface area contributed by atoms with Crippen LogP contribution in [0.25, 0.3) is 43.8 Å². The van der Waals surface area contributed by atoms with E-state index in [1.165, 1.54) is 48.6 Å². The Morgan fingerprint density at radius 3 is 1.44 bits per heavy atom. The predicted molar refractivity (Wildman–Crippen MR) is 184 cm³/mol. The molecule has 0 saturated heterocycles. The average molecular weight is 575 g/mol. The molecule has 0 heterocycles. The maximum Gasteiger partial charge on any atom is 0.130 e. The van der Waals surface area contributed by atoms with Crippen molar-refractivity contribution in [3.05, 3.63) is 152 Å². The van der Waals surface area contributed by atoms with Crippen LogP contribution in [0.2, 0.25) is 0 Å². The van der Waals surface area contributed by atoms with Crippen molar-refractivity contribution in [2.24, 2.45) is 0 Å². The lowest BCUT2D eigenvalue weighted by atomic mass is 9.87. The van der Waals surface area contributed by atoms with Crippen LogP contribution in [0.1, 0.15) is 0 Å². The molecule has 0 unspecified atom stereocenters. The van der Waals surface area contributed by atoms with E-state index in [9.17, 15) is 0 Å². The molecule has 43 heavy (non-hydrogen) atoms. The van der Waals surface area contributed by atoms with Crippen LogP contribution < -0.4 is 25.4 Å². The van der Waals surface area contributed by atoms with Crippen LogP contribution in [0.4, 0.5) is 0 Å². The largest absolute Gasteiger partial charge is 0.496 e. The summed E-state index contributed by atoms with van der Waals surface area (Å²) >= 11 is 0. The van der Waals surface area contributed by atoms with Crippen LogP contribution in [0.15, 0.2) is 152 Å². The number of hydrogen-bond donors (Lipinski definition) is 0. The van der Waals surface area contributed by atoms with Crippen molar-refractivity contribution in [2.75, 3.05) is 14.2 Å². The molecule has 0 bridgehead atoms. The summed E-state index contributed by atoms with van der Waals surface area (Å²) in [7, 11) is 2.57. The molecule has 2 nitrogen and oxygen atoms in total. The highest BCUT2D eigenvalue weighted by Crippen LogP contribution is 2.49. The molecule has 0 aliphatic carbocycles. The van der Waals surface area contributed by atoms with Crippen molar-refractivity contribution in [3.63, 3.8) is 0 Å². The summed E-state index contributed by atoms with van der Waals surface area (Å²) in [5, 5.41) is 8.78. The predicted octanol–water partition coefficient (Wildman–Crippen LogP) is 9.10. The van der Waals surface area contributed by atoms with Gasteiger partial charge < -0.3 is 9.47 Å². The Kier molecular flexibility index (Phi) is 7.37. The molecule has 0 aliphatic heterocycles. The fourth-order valence-electron chi connectivity index (χ4n) is 6.16. The first-order valence-electron chi connectivity index (χ1n) is 14.4. The Labute approximate surface area is 253 Å². The molecule has 208 valence electrons. The minimum Gasteiger partial charge on any atom is -0.496 e. The first kappa shape index (κ1) is 27.0. The molecule has 3 heteroatoms. The van der Waals surface area contributed by atoms with E-state index in [1.54, 1.807) is 14.2 Å². The minimum absolute atomic E-state index is 0.783. The maximum atomic E-state index is 5.97. The van der Waals surface area contributed by atoms with Crippen LogP contribution >= 0.6 is 7.92 Å². The van der Waals surface area contributed by atoms with E-state index in [4.69, 9.17) is 9.47 Å². The molecule has 0 saturated carbocycles. The molecule has 0 atom stereocenters. The fraction of sp³-hybridized carbons (Fsp3) is 0.0500. The molecule has 0 fully saturated rings. The van der Waals surface area contributed by atoms with E-state index in [0.29, 0.717) is 0 Å². The summed E-state index contributed by atoms with van der Waals surface area (Å²) in [5.74, 6) is 1.57. The monoisotopic (exact) mass is 574 g/mol. The summed E-state index contributed by atoms with van der Waals surface area (Å²) in [5.41, 5.74) is 4.47. The van der Waals surface area contributed by atoms with Gasteiger partial charge in [-0.2, -0.15) is 0 Å². The fourth-order valence-corrected chi connectivity index (χ4v) is 8.63. The molecule has 0 N–H and O–H groups in total. The zero-order chi connectivity index (χ0) is 29.2. The summed E-state index contributed by atoms with van der Waals surface area (Å²) in [6.07, 6.45) is 0. The van der Waals surface area contributed by atoms with Gasteiger partial charge in [-0.05, 0) is 74.2 Å². The molecule has 7 aromatic rings. The third kappa shape index (κ3) is 4.84. The van der Waals surface area contributed by atoms with E-state index in [0.717, 1.165) is 22.6 Å². The van der Waals surface area contributed by atoms with Crippen molar-refractivity contribution >= 4 is 45.4 Å². The van der Waals surface area contributed by atoms with Crippen LogP contribution in [0, 0.1) is 0 Å². The quantitative estimate of drug-likeness (QED) is 0.177. The molecule has 0 aliphatic rings. The topological polar surface area (TPSA) is 18.5 Å². The van der Waals surface area contributed by atoms with Crippen LogP contribution in [-0.4, -0.2) is 14.2 Å². The highest BCUT2D eigenvalue weighted by atomic mass is 31.1. The van der Waals surface area contributed by atoms with Crippen molar-refractivity contribution < 1.29 is 9.47 Å². The highest BCUT2D eigenvalue weighted by molar-refractivity contribution is 7.80. The second-order valence-corrected chi connectivity index (χ2v) is 12.6. The van der Waals surface area contributed by atoms with Crippen LogP contribution in [0.5, 0.6) is 11.5 Å². The number of methoxy groups -OCH3 is 2. The van der Waals surface area contributed by atoms with E-state index in [2.05, 4.69) is 133 Å². The third-order valence-electron chi connectivity index (χ3n) is 8.05. The van der Waals surface area contributed by atoms with Gasteiger partial charge in [0, 0.05) is 0 Å². The van der Waals surface area contributed by atoms with Gasteiger partial charge in [-0.1, -0.05) is 140 Å². The normalized spacial score (nSPS) is 11.2. The summed E-state index contributed by atoms with van der Waals surface area (Å²) in [4.78, 5) is 0. The van der Waals surface area contributed by atoms with Gasteiger partial charge in [-0.15, -0.1) is 0 Å². The van der Waals surface area contributed by atoms with E-state index >= 15 is 0 Å². The lowest BCUT2D eigenvalue weighted by molar-refractivity contribution is 0.397. The average Bonchev–Trinajstić information content (AvgIpc) is 3.08. The van der Waals surface area contributed by atoms with Crippen molar-refractivity contribution in [3.8, 4) is 33.8 Å². The maximum absolute atomic E-state index is 5.97. The Morgan fingerprint density at radius 2 is 0.884 bits per heavy atom. The van der Waals surface area contributed by atoms with Gasteiger partial charge in [-0.3, -0.25) is 0 Å². The summed E-state index contributed by atoms with van der Waals surface area (Å²) < 4.78 is 11.9. The van der Waals surface area contributed by atoms with E-state index in [1.807, 2.05) is 18.2 Å². The lowest BCUT2D eigenvalue weighted by Crippen LogP contribution is -2.22. The Balaban J connectivity index is 1.67. The van der Waals surface area contributed by atoms with Crippen molar-refractivity contribution in [1.82, 2.24) is 0 Å². The van der Waals surface area contributed by atoms with Gasteiger partial charge in [0.2, 0.25) is 0 Å². The van der Waals surface area contributed by atoms with Crippen LogP contribution in [-0.2, 0) is 0 Å². The van der Waals surface area contributed by atoms with Crippen molar-refractivity contribution in [1.29, 1.82) is 0 Å². The SMILES string of the molecule is COc1cccc(OC)c1-c1ccc2ccccc2c1-c1c(P(c2ccccc2)c2ccccc2)ccc2ccccc12. The third-order valence-corrected chi connectivity index (χ3v) is 10.5. The highest BCUT2D eigenvalue weighted by Gasteiger charge is 2.26. The summed E-state index contributed by atoms with van der Waals surface area (Å²) in [6.45, 7) is 0. The van der Waals surface area contributed by atoms with Crippen LogP contribution in [0.3, 0.4) is 0 Å². The van der Waals surface area contributed by atoms with E-state index < -0.39 is 7.92 Å². The molecular formula is C40H31O2P. The molecule has 0 spiro atoms. The second kappa shape index (κ2) is 11.8. The van der Waals surface area contributed by atoms with Gasteiger partial charge >= 0.3 is 0 Å². The van der Waals surface area contributed by atoms with Gasteiger partial charge in [0.1, 0.15) is 11.5 Å². The minimum atomic E-state index is -0.885. The van der Waals surface area contributed by atoms with Gasteiger partial charge in [0.05, 0.1) is 19.8 Å².